The molecule has 1 amide bonds. The number of amides is 1. The Morgan fingerprint density at radius 3 is 2.85 bits per heavy atom. The zero-order valence-corrected chi connectivity index (χ0v) is 13.9. The van der Waals surface area contributed by atoms with Crippen LogP contribution in [0.4, 0.5) is 5.00 Å². The normalized spacial score (nSPS) is 14.2. The van der Waals surface area contributed by atoms with Crippen LogP contribution in [-0.4, -0.2) is 11.2 Å². The van der Waals surface area contributed by atoms with Crippen LogP contribution in [0.25, 0.3) is 0 Å². The molecule has 0 saturated carbocycles. The summed E-state index contributed by atoms with van der Waals surface area (Å²) in [5, 5.41) is 14.0. The molecular formula is C15H19BrN2OS. The largest absolute Gasteiger partial charge is 0.317 e. The molecule has 20 heavy (non-hydrogen) atoms. The molecule has 0 atom stereocenters. The fourth-order valence-corrected chi connectivity index (χ4v) is 4.17. The fraction of sp³-hybridized carbons (Fsp3) is 0.600. The third-order valence-corrected chi connectivity index (χ3v) is 5.34. The molecule has 1 aromatic heterocycles. The van der Waals surface area contributed by atoms with E-state index in [2.05, 4.69) is 27.3 Å². The van der Waals surface area contributed by atoms with Gasteiger partial charge in [0.15, 0.2) is 0 Å². The minimum atomic E-state index is 0.0267. The van der Waals surface area contributed by atoms with Crippen molar-refractivity contribution in [2.45, 2.75) is 51.4 Å². The lowest BCUT2D eigenvalue weighted by atomic mass is 10.1. The molecule has 1 aromatic rings. The molecule has 0 fully saturated rings. The predicted octanol–water partition coefficient (Wildman–Crippen LogP) is 4.39. The van der Waals surface area contributed by atoms with E-state index in [0.717, 1.165) is 42.4 Å². The number of carbonyl (C=O) groups is 1. The van der Waals surface area contributed by atoms with Gasteiger partial charge in [-0.3, -0.25) is 4.79 Å². The second-order valence-corrected chi connectivity index (χ2v) is 6.97. The summed E-state index contributed by atoms with van der Waals surface area (Å²) in [6.07, 6.45) is 8.01. The lowest BCUT2D eigenvalue weighted by Gasteiger charge is -2.03. The van der Waals surface area contributed by atoms with Crippen LogP contribution in [-0.2, 0) is 17.6 Å². The van der Waals surface area contributed by atoms with Gasteiger partial charge in [0.05, 0.1) is 5.56 Å². The average Bonchev–Trinajstić information content (AvgIpc) is 2.60. The van der Waals surface area contributed by atoms with Gasteiger partial charge in [-0.2, -0.15) is 5.26 Å². The van der Waals surface area contributed by atoms with Crippen molar-refractivity contribution in [2.24, 2.45) is 0 Å². The number of nitrogens with zero attached hydrogens (tertiary/aromatic N) is 1. The van der Waals surface area contributed by atoms with Crippen LogP contribution in [0.15, 0.2) is 0 Å². The van der Waals surface area contributed by atoms with E-state index in [9.17, 15) is 10.1 Å². The van der Waals surface area contributed by atoms with Gasteiger partial charge in [0.2, 0.25) is 5.91 Å². The maximum atomic E-state index is 11.9. The van der Waals surface area contributed by atoms with E-state index >= 15 is 0 Å². The molecule has 108 valence electrons. The Labute approximate surface area is 132 Å². The zero-order valence-electron chi connectivity index (χ0n) is 11.5. The second-order valence-electron chi connectivity index (χ2n) is 5.07. The Kier molecular flexibility index (Phi) is 6.06. The molecule has 0 aliphatic heterocycles. The number of carbonyl (C=O) groups excluding carboxylic acids is 1. The van der Waals surface area contributed by atoms with Crippen molar-refractivity contribution in [3.63, 3.8) is 0 Å². The van der Waals surface area contributed by atoms with Crippen molar-refractivity contribution in [2.75, 3.05) is 10.6 Å². The van der Waals surface area contributed by atoms with Gasteiger partial charge in [-0.25, -0.2) is 0 Å². The molecule has 1 heterocycles. The third-order valence-electron chi connectivity index (χ3n) is 3.57. The number of aryl methyl sites for hydroxylation is 1. The number of halogens is 1. The van der Waals surface area contributed by atoms with Gasteiger partial charge in [0, 0.05) is 16.6 Å². The highest BCUT2D eigenvalue weighted by atomic mass is 79.9. The summed E-state index contributed by atoms with van der Waals surface area (Å²) in [7, 11) is 0. The monoisotopic (exact) mass is 354 g/mol. The first-order valence-electron chi connectivity index (χ1n) is 7.16. The van der Waals surface area contributed by atoms with Gasteiger partial charge in [-0.1, -0.05) is 22.4 Å². The molecule has 5 heteroatoms. The van der Waals surface area contributed by atoms with Crippen molar-refractivity contribution in [1.29, 1.82) is 5.26 Å². The summed E-state index contributed by atoms with van der Waals surface area (Å²) in [6.45, 7) is 0. The molecule has 0 unspecified atom stereocenters. The standard InChI is InChI=1S/C15H19BrN2OS/c16-9-5-4-8-14(19)18-15-12(10-17)11-6-2-1-3-7-13(11)20-15/h1-9H2,(H,18,19). The minimum absolute atomic E-state index is 0.0267. The van der Waals surface area contributed by atoms with E-state index in [-0.39, 0.29) is 5.91 Å². The van der Waals surface area contributed by atoms with Crippen molar-refractivity contribution in [1.82, 2.24) is 0 Å². The van der Waals surface area contributed by atoms with Gasteiger partial charge >= 0.3 is 0 Å². The Morgan fingerprint density at radius 2 is 2.10 bits per heavy atom. The summed E-state index contributed by atoms with van der Waals surface area (Å²) in [5.74, 6) is 0.0267. The molecular weight excluding hydrogens is 336 g/mol. The van der Waals surface area contributed by atoms with Gasteiger partial charge in [0.25, 0.3) is 0 Å². The van der Waals surface area contributed by atoms with Gasteiger partial charge in [-0.05, 0) is 44.1 Å². The van der Waals surface area contributed by atoms with E-state index in [4.69, 9.17) is 0 Å². The van der Waals surface area contributed by atoms with E-state index < -0.39 is 0 Å². The molecule has 1 N–H and O–H groups in total. The quantitative estimate of drug-likeness (QED) is 0.484. The number of fused-ring (bicyclic) bond motifs is 1. The summed E-state index contributed by atoms with van der Waals surface area (Å²) in [5.41, 5.74) is 1.89. The third kappa shape index (κ3) is 3.83. The van der Waals surface area contributed by atoms with Gasteiger partial charge in [-0.15, -0.1) is 11.3 Å². The Hall–Kier alpha value is -0.860. The number of alkyl halides is 1. The van der Waals surface area contributed by atoms with Crippen LogP contribution >= 0.6 is 27.3 Å². The topological polar surface area (TPSA) is 52.9 Å². The molecule has 1 aliphatic carbocycles. The molecule has 0 radical (unpaired) electrons. The highest BCUT2D eigenvalue weighted by Gasteiger charge is 2.20. The van der Waals surface area contributed by atoms with Crippen molar-refractivity contribution < 1.29 is 4.79 Å². The zero-order chi connectivity index (χ0) is 14.4. The SMILES string of the molecule is N#Cc1c(NC(=O)CCCCBr)sc2c1CCCCC2. The molecule has 1 aliphatic rings. The number of rotatable bonds is 5. The first kappa shape index (κ1) is 15.5. The van der Waals surface area contributed by atoms with Crippen LogP contribution in [0.2, 0.25) is 0 Å². The van der Waals surface area contributed by atoms with Crippen LogP contribution in [0.5, 0.6) is 0 Å². The van der Waals surface area contributed by atoms with Gasteiger partial charge < -0.3 is 5.32 Å². The number of nitriles is 1. The van der Waals surface area contributed by atoms with Crippen LogP contribution in [0.1, 0.15) is 54.5 Å². The molecule has 2 rings (SSSR count). The fourth-order valence-electron chi connectivity index (χ4n) is 2.52. The van der Waals surface area contributed by atoms with E-state index in [0.29, 0.717) is 12.0 Å². The number of hydrogen-bond acceptors (Lipinski definition) is 3. The maximum absolute atomic E-state index is 11.9. The smallest absolute Gasteiger partial charge is 0.225 e. The summed E-state index contributed by atoms with van der Waals surface area (Å²) in [6, 6.07) is 2.29. The Balaban J connectivity index is 2.08. The molecule has 0 saturated heterocycles. The molecule has 0 spiro atoms. The first-order chi connectivity index (χ1) is 9.76. The van der Waals surface area contributed by atoms with E-state index in [1.807, 2.05) is 0 Å². The molecule has 0 aromatic carbocycles. The maximum Gasteiger partial charge on any atom is 0.225 e. The van der Waals surface area contributed by atoms with Crippen LogP contribution in [0.3, 0.4) is 0 Å². The second kappa shape index (κ2) is 7.80. The molecule has 0 bridgehead atoms. The number of thiophene rings is 1. The lowest BCUT2D eigenvalue weighted by Crippen LogP contribution is -2.11. The number of anilines is 1. The van der Waals surface area contributed by atoms with Crippen LogP contribution < -0.4 is 5.32 Å². The van der Waals surface area contributed by atoms with Crippen molar-refractivity contribution in [3.8, 4) is 6.07 Å². The van der Waals surface area contributed by atoms with Crippen LogP contribution in [0, 0.1) is 11.3 Å². The number of hydrogen-bond donors (Lipinski definition) is 1. The Bertz CT molecular complexity index is 519. The van der Waals surface area contributed by atoms with Crippen molar-refractivity contribution >= 4 is 38.2 Å². The summed E-state index contributed by atoms with van der Waals surface area (Å²) < 4.78 is 0. The minimum Gasteiger partial charge on any atom is -0.317 e. The van der Waals surface area contributed by atoms with Crippen molar-refractivity contribution in [3.05, 3.63) is 16.0 Å². The number of unbranched alkanes of at least 4 members (excludes halogenated alkanes) is 1. The highest BCUT2D eigenvalue weighted by molar-refractivity contribution is 9.09. The average molecular weight is 355 g/mol. The molecule has 3 nitrogen and oxygen atoms in total. The highest BCUT2D eigenvalue weighted by Crippen LogP contribution is 2.37. The predicted molar refractivity (Wildman–Crippen MR) is 86.6 cm³/mol. The Morgan fingerprint density at radius 1 is 1.30 bits per heavy atom. The van der Waals surface area contributed by atoms with Gasteiger partial charge in [0.1, 0.15) is 11.1 Å². The van der Waals surface area contributed by atoms with E-state index in [1.165, 1.54) is 23.3 Å². The summed E-state index contributed by atoms with van der Waals surface area (Å²) >= 11 is 4.97. The first-order valence-corrected chi connectivity index (χ1v) is 9.10. The summed E-state index contributed by atoms with van der Waals surface area (Å²) in [4.78, 5) is 13.2. The lowest BCUT2D eigenvalue weighted by molar-refractivity contribution is -0.116. The number of nitrogens with one attached hydrogen (secondary N) is 1. The van der Waals surface area contributed by atoms with E-state index in [1.54, 1.807) is 11.3 Å².